The van der Waals surface area contributed by atoms with Crippen molar-refractivity contribution in [1.29, 1.82) is 0 Å². The number of hydrogen-bond acceptors (Lipinski definition) is 3. The van der Waals surface area contributed by atoms with E-state index in [4.69, 9.17) is 0 Å². The lowest BCUT2D eigenvalue weighted by Crippen LogP contribution is -2.26. The lowest BCUT2D eigenvalue weighted by atomic mass is 10.0. The minimum Gasteiger partial charge on any atom is -0.312 e. The minimum atomic E-state index is 0.865. The number of benzene rings is 1. The Morgan fingerprint density at radius 2 is 1.94 bits per heavy atom. The molecule has 1 aromatic carbocycles. The first-order valence-electron chi connectivity index (χ1n) is 5.97. The van der Waals surface area contributed by atoms with E-state index in [1.807, 2.05) is 13.0 Å². The summed E-state index contributed by atoms with van der Waals surface area (Å²) in [5.41, 5.74) is 4.72. The smallest absolute Gasteiger partial charge is 0.126 e. The van der Waals surface area contributed by atoms with Crippen LogP contribution in [0.4, 0.5) is 0 Å². The summed E-state index contributed by atoms with van der Waals surface area (Å²) < 4.78 is 0. The van der Waals surface area contributed by atoms with Crippen molar-refractivity contribution in [3.05, 3.63) is 47.4 Å². The number of fused-ring (bicyclic) bond motifs is 1. The molecule has 0 bridgehead atoms. The highest BCUT2D eigenvalue weighted by Gasteiger charge is 2.17. The fraction of sp³-hybridized carbons (Fsp3) is 0.286. The van der Waals surface area contributed by atoms with Crippen LogP contribution in [0.3, 0.4) is 0 Å². The fourth-order valence-electron chi connectivity index (χ4n) is 2.30. The van der Waals surface area contributed by atoms with Crippen LogP contribution in [-0.2, 0) is 13.0 Å². The van der Waals surface area contributed by atoms with E-state index < -0.39 is 0 Å². The molecule has 3 rings (SSSR count). The van der Waals surface area contributed by atoms with E-state index in [2.05, 4.69) is 39.6 Å². The number of nitrogens with one attached hydrogen (secondary N) is 1. The van der Waals surface area contributed by atoms with E-state index in [0.717, 1.165) is 31.0 Å². The van der Waals surface area contributed by atoms with Gasteiger partial charge in [0, 0.05) is 30.6 Å². The third kappa shape index (κ3) is 1.94. The van der Waals surface area contributed by atoms with E-state index in [0.29, 0.717) is 0 Å². The quantitative estimate of drug-likeness (QED) is 0.807. The number of hydrogen-bond donors (Lipinski definition) is 1. The van der Waals surface area contributed by atoms with Crippen molar-refractivity contribution >= 4 is 0 Å². The fourth-order valence-corrected chi connectivity index (χ4v) is 2.30. The van der Waals surface area contributed by atoms with Crippen LogP contribution < -0.4 is 5.32 Å². The molecule has 0 unspecified atom stereocenters. The normalized spacial score (nSPS) is 14.4. The Labute approximate surface area is 101 Å². The molecule has 2 heterocycles. The van der Waals surface area contributed by atoms with Crippen LogP contribution in [0.2, 0.25) is 0 Å². The number of aryl methyl sites for hydroxylation is 1. The van der Waals surface area contributed by atoms with Gasteiger partial charge in [0.05, 0.1) is 11.4 Å². The molecule has 17 heavy (non-hydrogen) atoms. The maximum atomic E-state index is 4.61. The molecule has 0 aliphatic carbocycles. The maximum absolute atomic E-state index is 4.61. The van der Waals surface area contributed by atoms with E-state index in [1.54, 1.807) is 0 Å². The van der Waals surface area contributed by atoms with Gasteiger partial charge in [0.2, 0.25) is 0 Å². The zero-order valence-electron chi connectivity index (χ0n) is 9.90. The van der Waals surface area contributed by atoms with Crippen molar-refractivity contribution in [2.75, 3.05) is 6.54 Å². The highest BCUT2D eigenvalue weighted by atomic mass is 14.9. The monoisotopic (exact) mass is 225 g/mol. The number of rotatable bonds is 1. The summed E-state index contributed by atoms with van der Waals surface area (Å²) >= 11 is 0. The summed E-state index contributed by atoms with van der Waals surface area (Å²) in [6.07, 6.45) is 0.999. The van der Waals surface area contributed by atoms with Crippen molar-refractivity contribution in [2.24, 2.45) is 0 Å². The molecular formula is C14H15N3. The predicted molar refractivity (Wildman–Crippen MR) is 67.6 cm³/mol. The summed E-state index contributed by atoms with van der Waals surface area (Å²) in [6.45, 7) is 3.85. The molecule has 0 saturated carbocycles. The molecule has 0 atom stereocenters. The van der Waals surface area contributed by atoms with E-state index >= 15 is 0 Å². The molecule has 2 aromatic rings. The lowest BCUT2D eigenvalue weighted by Gasteiger charge is -2.19. The molecule has 86 valence electrons. The molecule has 1 N–H and O–H groups in total. The van der Waals surface area contributed by atoms with Gasteiger partial charge in [-0.1, -0.05) is 30.3 Å². The van der Waals surface area contributed by atoms with Gasteiger partial charge >= 0.3 is 0 Å². The van der Waals surface area contributed by atoms with E-state index in [-0.39, 0.29) is 0 Å². The van der Waals surface area contributed by atoms with E-state index in [9.17, 15) is 0 Å². The SMILES string of the molecule is Cc1nc2c(c(-c3ccccc3)n1)CNCC2. The maximum Gasteiger partial charge on any atom is 0.126 e. The standard InChI is InChI=1S/C14H15N3/c1-10-16-13-7-8-15-9-12(13)14(17-10)11-5-3-2-4-6-11/h2-6,15H,7-9H2,1H3. The molecule has 0 fully saturated rings. The average molecular weight is 225 g/mol. The van der Waals surface area contributed by atoms with Crippen molar-refractivity contribution in [1.82, 2.24) is 15.3 Å². The molecule has 0 saturated heterocycles. The van der Waals surface area contributed by atoms with Crippen molar-refractivity contribution < 1.29 is 0 Å². The Hall–Kier alpha value is -1.74. The summed E-state index contributed by atoms with van der Waals surface area (Å²) in [5, 5.41) is 3.39. The zero-order chi connectivity index (χ0) is 11.7. The Morgan fingerprint density at radius 1 is 1.12 bits per heavy atom. The van der Waals surface area contributed by atoms with Crippen molar-refractivity contribution in [2.45, 2.75) is 19.9 Å². The molecule has 1 aliphatic heterocycles. The topological polar surface area (TPSA) is 37.8 Å². The summed E-state index contributed by atoms with van der Waals surface area (Å²) in [4.78, 5) is 9.15. The first-order valence-corrected chi connectivity index (χ1v) is 5.97. The molecule has 1 aliphatic rings. The van der Waals surface area contributed by atoms with Crippen molar-refractivity contribution in [3.63, 3.8) is 0 Å². The van der Waals surface area contributed by atoms with Crippen LogP contribution in [0.15, 0.2) is 30.3 Å². The predicted octanol–water partition coefficient (Wildman–Crippen LogP) is 2.10. The lowest BCUT2D eigenvalue weighted by molar-refractivity contribution is 0.624. The second-order valence-corrected chi connectivity index (χ2v) is 4.34. The molecule has 3 heteroatoms. The largest absolute Gasteiger partial charge is 0.312 e. The van der Waals surface area contributed by atoms with Gasteiger partial charge < -0.3 is 5.32 Å². The number of aromatic nitrogens is 2. The van der Waals surface area contributed by atoms with Gasteiger partial charge in [-0.05, 0) is 6.92 Å². The summed E-state index contributed by atoms with van der Waals surface area (Å²) in [6, 6.07) is 10.3. The van der Waals surface area contributed by atoms with Gasteiger partial charge in [-0.3, -0.25) is 0 Å². The van der Waals surface area contributed by atoms with Crippen LogP contribution in [0.25, 0.3) is 11.3 Å². The van der Waals surface area contributed by atoms with Gasteiger partial charge in [0.1, 0.15) is 5.82 Å². The average Bonchev–Trinajstić information content (AvgIpc) is 2.39. The highest BCUT2D eigenvalue weighted by molar-refractivity contribution is 5.64. The third-order valence-corrected chi connectivity index (χ3v) is 3.09. The Kier molecular flexibility index (Phi) is 2.61. The van der Waals surface area contributed by atoms with Crippen LogP contribution >= 0.6 is 0 Å². The minimum absolute atomic E-state index is 0.865. The molecule has 3 nitrogen and oxygen atoms in total. The highest BCUT2D eigenvalue weighted by Crippen LogP contribution is 2.25. The van der Waals surface area contributed by atoms with Gasteiger partial charge in [0.25, 0.3) is 0 Å². The van der Waals surface area contributed by atoms with Gasteiger partial charge in [0.15, 0.2) is 0 Å². The van der Waals surface area contributed by atoms with Crippen LogP contribution in [0, 0.1) is 6.92 Å². The van der Waals surface area contributed by atoms with Crippen LogP contribution in [0.1, 0.15) is 17.1 Å². The molecule has 1 aromatic heterocycles. The molecule has 0 amide bonds. The Morgan fingerprint density at radius 3 is 2.76 bits per heavy atom. The first-order chi connectivity index (χ1) is 8.34. The van der Waals surface area contributed by atoms with Crippen molar-refractivity contribution in [3.8, 4) is 11.3 Å². The third-order valence-electron chi connectivity index (χ3n) is 3.09. The van der Waals surface area contributed by atoms with Crippen LogP contribution in [-0.4, -0.2) is 16.5 Å². The van der Waals surface area contributed by atoms with Gasteiger partial charge in [-0.25, -0.2) is 9.97 Å². The zero-order valence-corrected chi connectivity index (χ0v) is 9.90. The summed E-state index contributed by atoms with van der Waals surface area (Å²) in [7, 11) is 0. The van der Waals surface area contributed by atoms with E-state index in [1.165, 1.54) is 16.8 Å². The second kappa shape index (κ2) is 4.26. The molecule has 0 radical (unpaired) electrons. The summed E-state index contributed by atoms with van der Waals surface area (Å²) in [5.74, 6) is 0.865. The van der Waals surface area contributed by atoms with Gasteiger partial charge in [-0.15, -0.1) is 0 Å². The first kappa shape index (κ1) is 10.4. The molecular weight excluding hydrogens is 210 g/mol. The molecule has 0 spiro atoms. The van der Waals surface area contributed by atoms with Crippen LogP contribution in [0.5, 0.6) is 0 Å². The number of nitrogens with zero attached hydrogens (tertiary/aromatic N) is 2. The Bertz CT molecular complexity index is 535. The second-order valence-electron chi connectivity index (χ2n) is 4.34. The van der Waals surface area contributed by atoms with Gasteiger partial charge in [-0.2, -0.15) is 0 Å². The Balaban J connectivity index is 2.19.